The topological polar surface area (TPSA) is 35.2 Å². The maximum Gasteiger partial charge on any atom is 0.123 e. The quantitative estimate of drug-likeness (QED) is 0.869. The molecule has 0 unspecified atom stereocenters. The van der Waals surface area contributed by atoms with Gasteiger partial charge in [-0.05, 0) is 36.0 Å². The predicted octanol–water partition coefficient (Wildman–Crippen LogP) is 3.27. The van der Waals surface area contributed by atoms with Crippen molar-refractivity contribution in [2.45, 2.75) is 52.5 Å². The Morgan fingerprint density at radius 3 is 2.41 bits per heavy atom. The summed E-state index contributed by atoms with van der Waals surface area (Å²) in [5, 5.41) is 0. The van der Waals surface area contributed by atoms with Gasteiger partial charge in [0.15, 0.2) is 0 Å². The molecule has 1 atom stereocenters. The minimum Gasteiger partial charge on any atom is -0.492 e. The van der Waals surface area contributed by atoms with E-state index in [0.717, 1.165) is 12.2 Å². The van der Waals surface area contributed by atoms with E-state index >= 15 is 0 Å². The van der Waals surface area contributed by atoms with Gasteiger partial charge in [-0.2, -0.15) is 0 Å². The molecule has 0 aliphatic carbocycles. The lowest BCUT2D eigenvalue weighted by Crippen LogP contribution is -2.25. The maximum absolute atomic E-state index is 5.80. The third-order valence-corrected chi connectivity index (χ3v) is 2.76. The van der Waals surface area contributed by atoms with Crippen LogP contribution in [0.2, 0.25) is 0 Å². The summed E-state index contributed by atoms with van der Waals surface area (Å²) < 4.78 is 5.80. The fourth-order valence-corrected chi connectivity index (χ4v) is 1.73. The molecule has 0 fully saturated rings. The molecule has 0 amide bonds. The number of rotatable bonds is 4. The lowest BCUT2D eigenvalue weighted by Gasteiger charge is -2.24. The Labute approximate surface area is 105 Å². The minimum atomic E-state index is 0.0636. The van der Waals surface area contributed by atoms with Crippen molar-refractivity contribution in [3.8, 4) is 5.75 Å². The Hall–Kier alpha value is -1.02. The second kappa shape index (κ2) is 5.54. The van der Waals surface area contributed by atoms with Crippen molar-refractivity contribution in [3.05, 3.63) is 29.3 Å². The molecule has 1 rings (SSSR count). The molecule has 0 saturated carbocycles. The van der Waals surface area contributed by atoms with Crippen LogP contribution in [0.1, 0.15) is 45.7 Å². The van der Waals surface area contributed by atoms with E-state index in [1.165, 1.54) is 11.1 Å². The average Bonchev–Trinajstić information content (AvgIpc) is 2.24. The second-order valence-electron chi connectivity index (χ2n) is 5.72. The van der Waals surface area contributed by atoms with Crippen molar-refractivity contribution in [1.29, 1.82) is 0 Å². The second-order valence-corrected chi connectivity index (χ2v) is 5.72. The number of nitrogens with two attached hydrogens (primary N) is 1. The molecule has 96 valence electrons. The summed E-state index contributed by atoms with van der Waals surface area (Å²) in [6.07, 6.45) is 1.05. The van der Waals surface area contributed by atoms with Gasteiger partial charge in [-0.15, -0.1) is 0 Å². The van der Waals surface area contributed by atoms with Crippen LogP contribution in [0.5, 0.6) is 5.75 Å². The first kappa shape index (κ1) is 14.0. The van der Waals surface area contributed by atoms with Crippen LogP contribution in [0.3, 0.4) is 0 Å². The van der Waals surface area contributed by atoms with E-state index in [2.05, 4.69) is 45.9 Å². The number of hydrogen-bond acceptors (Lipinski definition) is 2. The van der Waals surface area contributed by atoms with Crippen molar-refractivity contribution in [2.24, 2.45) is 5.73 Å². The van der Waals surface area contributed by atoms with Crippen molar-refractivity contribution in [1.82, 2.24) is 0 Å². The van der Waals surface area contributed by atoms with Crippen LogP contribution in [-0.2, 0) is 11.8 Å². The van der Waals surface area contributed by atoms with E-state index in [4.69, 9.17) is 10.5 Å². The fourth-order valence-electron chi connectivity index (χ4n) is 1.73. The van der Waals surface area contributed by atoms with Gasteiger partial charge in [-0.25, -0.2) is 0 Å². The van der Waals surface area contributed by atoms with Gasteiger partial charge in [0.2, 0.25) is 0 Å². The van der Waals surface area contributed by atoms with Crippen LogP contribution in [0.15, 0.2) is 18.2 Å². The summed E-state index contributed by atoms with van der Waals surface area (Å²) in [4.78, 5) is 0. The number of aryl methyl sites for hydroxylation is 1. The Bertz CT molecular complexity index is 364. The first-order chi connectivity index (χ1) is 7.84. The van der Waals surface area contributed by atoms with Crippen molar-refractivity contribution in [3.63, 3.8) is 0 Å². The van der Waals surface area contributed by atoms with Crippen LogP contribution < -0.4 is 10.5 Å². The Balaban J connectivity index is 3.03. The zero-order valence-electron chi connectivity index (χ0n) is 11.7. The van der Waals surface area contributed by atoms with Crippen LogP contribution in [0.4, 0.5) is 0 Å². The molecule has 1 aromatic carbocycles. The minimum absolute atomic E-state index is 0.0636. The van der Waals surface area contributed by atoms with E-state index in [-0.39, 0.29) is 11.5 Å². The smallest absolute Gasteiger partial charge is 0.123 e. The molecular formula is C15H25NO. The molecule has 0 heterocycles. The van der Waals surface area contributed by atoms with E-state index < -0.39 is 0 Å². The van der Waals surface area contributed by atoms with E-state index in [9.17, 15) is 0 Å². The molecule has 2 nitrogen and oxygen atoms in total. The van der Waals surface area contributed by atoms with Crippen LogP contribution >= 0.6 is 0 Å². The molecule has 1 aromatic rings. The van der Waals surface area contributed by atoms with Crippen molar-refractivity contribution >= 4 is 0 Å². The van der Waals surface area contributed by atoms with E-state index in [0.29, 0.717) is 6.61 Å². The van der Waals surface area contributed by atoms with Gasteiger partial charge in [0.05, 0.1) is 0 Å². The van der Waals surface area contributed by atoms with Gasteiger partial charge in [-0.3, -0.25) is 0 Å². The number of ether oxygens (including phenoxy) is 1. The maximum atomic E-state index is 5.80. The first-order valence-electron chi connectivity index (χ1n) is 6.36. The van der Waals surface area contributed by atoms with Crippen LogP contribution in [0.25, 0.3) is 0 Å². The molecular weight excluding hydrogens is 210 g/mol. The highest BCUT2D eigenvalue weighted by Gasteiger charge is 2.19. The Morgan fingerprint density at radius 2 is 1.94 bits per heavy atom. The molecule has 0 aliphatic heterocycles. The largest absolute Gasteiger partial charge is 0.492 e. The Kier molecular flexibility index (Phi) is 4.58. The van der Waals surface area contributed by atoms with Gasteiger partial charge in [0.1, 0.15) is 12.4 Å². The molecule has 0 aromatic heterocycles. The standard InChI is InChI=1S/C15H25NO/c1-6-12-7-8-14(17-10-11(2)16)13(9-12)15(3,4)5/h7-9,11H,6,10,16H2,1-5H3/t11-/m1/s1. The monoisotopic (exact) mass is 235 g/mol. The van der Waals surface area contributed by atoms with Gasteiger partial charge < -0.3 is 10.5 Å². The van der Waals surface area contributed by atoms with Gasteiger partial charge in [0.25, 0.3) is 0 Å². The molecule has 2 N–H and O–H groups in total. The average molecular weight is 235 g/mol. The highest BCUT2D eigenvalue weighted by atomic mass is 16.5. The summed E-state index contributed by atoms with van der Waals surface area (Å²) in [5.74, 6) is 0.965. The summed E-state index contributed by atoms with van der Waals surface area (Å²) in [7, 11) is 0. The molecule has 0 aliphatic rings. The molecule has 0 radical (unpaired) electrons. The zero-order chi connectivity index (χ0) is 13.1. The molecule has 17 heavy (non-hydrogen) atoms. The highest BCUT2D eigenvalue weighted by molar-refractivity contribution is 5.41. The molecule has 2 heteroatoms. The number of hydrogen-bond donors (Lipinski definition) is 1. The highest BCUT2D eigenvalue weighted by Crippen LogP contribution is 2.32. The molecule has 0 spiro atoms. The van der Waals surface area contributed by atoms with Crippen molar-refractivity contribution in [2.75, 3.05) is 6.61 Å². The SMILES string of the molecule is CCc1ccc(OC[C@@H](C)N)c(C(C)(C)C)c1. The zero-order valence-corrected chi connectivity index (χ0v) is 11.7. The summed E-state index contributed by atoms with van der Waals surface area (Å²) in [6, 6.07) is 6.51. The molecule has 0 saturated heterocycles. The normalized spacial score (nSPS) is 13.5. The van der Waals surface area contributed by atoms with Crippen LogP contribution in [-0.4, -0.2) is 12.6 Å². The number of benzene rings is 1. The Morgan fingerprint density at radius 1 is 1.29 bits per heavy atom. The lowest BCUT2D eigenvalue weighted by atomic mass is 9.85. The van der Waals surface area contributed by atoms with Gasteiger partial charge in [0, 0.05) is 6.04 Å². The third kappa shape index (κ3) is 4.04. The van der Waals surface area contributed by atoms with Gasteiger partial charge >= 0.3 is 0 Å². The van der Waals surface area contributed by atoms with Crippen LogP contribution in [0, 0.1) is 0 Å². The lowest BCUT2D eigenvalue weighted by molar-refractivity contribution is 0.288. The molecule has 0 bridgehead atoms. The summed E-state index contributed by atoms with van der Waals surface area (Å²) in [6.45, 7) is 11.3. The third-order valence-electron chi connectivity index (χ3n) is 2.76. The summed E-state index contributed by atoms with van der Waals surface area (Å²) in [5.41, 5.74) is 8.44. The van der Waals surface area contributed by atoms with E-state index in [1.807, 2.05) is 6.92 Å². The van der Waals surface area contributed by atoms with Crippen molar-refractivity contribution < 1.29 is 4.74 Å². The predicted molar refractivity (Wildman–Crippen MR) is 73.7 cm³/mol. The van der Waals surface area contributed by atoms with Gasteiger partial charge in [-0.1, -0.05) is 39.8 Å². The summed E-state index contributed by atoms with van der Waals surface area (Å²) >= 11 is 0. The fraction of sp³-hybridized carbons (Fsp3) is 0.600. The van der Waals surface area contributed by atoms with E-state index in [1.54, 1.807) is 0 Å². The first-order valence-corrected chi connectivity index (χ1v) is 6.36.